The molecule has 3 aliphatic carbocycles. The van der Waals surface area contributed by atoms with Crippen LogP contribution in [0.3, 0.4) is 0 Å². The molecule has 0 amide bonds. The highest BCUT2D eigenvalue weighted by Gasteiger charge is 2.30. The zero-order valence-electron chi connectivity index (χ0n) is 17.9. The molecule has 1 nitrogen and oxygen atoms in total. The van der Waals surface area contributed by atoms with Crippen LogP contribution in [0.2, 0.25) is 0 Å². The summed E-state index contributed by atoms with van der Waals surface area (Å²) < 4.78 is 2.58. The van der Waals surface area contributed by atoms with E-state index in [0.29, 0.717) is 22.3 Å². The van der Waals surface area contributed by atoms with Crippen molar-refractivity contribution in [1.82, 2.24) is 4.40 Å². The number of hydrogen-bond donors (Lipinski definition) is 0. The van der Waals surface area contributed by atoms with E-state index in [1.165, 1.54) is 54.7 Å². The standard InChI is InChI=1S/C29H25NS/c1-17(2)31-22-15-25-23-11-18-7-3-5-9-20(18)13-27(23)30-28-14-21-10-6-4-8-19(21)12-24(28)26(16-22)29(25)30/h3-15,17,19,21-22H,16H2,1-2H3/p+1. The van der Waals surface area contributed by atoms with E-state index in [0.717, 1.165) is 6.42 Å². The van der Waals surface area contributed by atoms with E-state index in [9.17, 15) is 0 Å². The molecule has 152 valence electrons. The smallest absolute Gasteiger partial charge is 0.139 e. The van der Waals surface area contributed by atoms with Crippen molar-refractivity contribution < 1.29 is 0 Å². The first-order valence-electron chi connectivity index (χ1n) is 11.5. The molecule has 2 aromatic carbocycles. The maximum Gasteiger partial charge on any atom is 0.139 e. The monoisotopic (exact) mass is 420 g/mol. The van der Waals surface area contributed by atoms with Gasteiger partial charge in [0.2, 0.25) is 0 Å². The van der Waals surface area contributed by atoms with Crippen LogP contribution in [0.25, 0.3) is 45.4 Å². The molecule has 0 bridgehead atoms. The maximum absolute atomic E-state index is 2.58. The van der Waals surface area contributed by atoms with Gasteiger partial charge in [0.15, 0.2) is 0 Å². The van der Waals surface area contributed by atoms with E-state index < -0.39 is 0 Å². The minimum atomic E-state index is 0.464. The molecule has 0 saturated carbocycles. The largest absolute Gasteiger partial charge is 0.309 e. The molecule has 0 radical (unpaired) electrons. The van der Waals surface area contributed by atoms with Crippen LogP contribution in [0.15, 0.2) is 60.7 Å². The highest BCUT2D eigenvalue weighted by atomic mass is 32.2. The summed E-state index contributed by atoms with van der Waals surface area (Å²) >= 11 is 1.54. The predicted molar refractivity (Wildman–Crippen MR) is 137 cm³/mol. The van der Waals surface area contributed by atoms with Crippen LogP contribution in [0.5, 0.6) is 0 Å². The normalized spacial score (nSPS) is 23.6. The average Bonchev–Trinajstić information content (AvgIpc) is 3.25. The number of benzene rings is 2. The van der Waals surface area contributed by atoms with Crippen molar-refractivity contribution in [3.05, 3.63) is 82.1 Å². The molecule has 0 spiro atoms. The molecular weight excluding hydrogens is 394 g/mol. The number of hydrogen-bond acceptors (Lipinski definition) is 0. The molecule has 7 rings (SSSR count). The van der Waals surface area contributed by atoms with Gasteiger partial charge in [-0.25, -0.2) is 0 Å². The summed E-state index contributed by atoms with van der Waals surface area (Å²) in [5, 5.41) is 9.71. The van der Waals surface area contributed by atoms with E-state index >= 15 is 0 Å². The van der Waals surface area contributed by atoms with Gasteiger partial charge in [-0.15, -0.1) is 0 Å². The SMILES string of the molecule is CC(C)[SH+]C1C=c2c3cc4ccccc4cc3n3c4c(c(c23)C1)=CC1C=CC=CC1C=4. The lowest BCUT2D eigenvalue weighted by Gasteiger charge is -2.21. The summed E-state index contributed by atoms with van der Waals surface area (Å²) in [6.07, 6.45) is 17.9. The van der Waals surface area contributed by atoms with Gasteiger partial charge in [-0.3, -0.25) is 0 Å². The van der Waals surface area contributed by atoms with Gasteiger partial charge in [0.1, 0.15) is 10.5 Å². The Labute approximate surface area is 186 Å². The van der Waals surface area contributed by atoms with Crippen LogP contribution in [-0.2, 0) is 18.2 Å². The first kappa shape index (κ1) is 17.9. The van der Waals surface area contributed by atoms with Gasteiger partial charge in [0, 0.05) is 34.1 Å². The minimum Gasteiger partial charge on any atom is -0.309 e. The van der Waals surface area contributed by atoms with Gasteiger partial charge in [0.05, 0.1) is 16.4 Å². The second-order valence-corrected chi connectivity index (χ2v) is 11.5. The fourth-order valence-electron chi connectivity index (χ4n) is 5.96. The molecular formula is C29H26NS+. The summed E-state index contributed by atoms with van der Waals surface area (Å²) in [6, 6.07) is 13.6. The topological polar surface area (TPSA) is 4.41 Å². The van der Waals surface area contributed by atoms with Crippen molar-refractivity contribution in [2.45, 2.75) is 30.8 Å². The molecule has 0 N–H and O–H groups in total. The predicted octanol–water partition coefficient (Wildman–Crippen LogP) is 3.83. The fraction of sp³-hybridized carbons (Fsp3) is 0.241. The van der Waals surface area contributed by atoms with E-state index in [1.54, 1.807) is 5.56 Å². The number of aromatic nitrogens is 1. The third-order valence-corrected chi connectivity index (χ3v) is 8.51. The van der Waals surface area contributed by atoms with Gasteiger partial charge in [-0.05, 0) is 60.2 Å². The van der Waals surface area contributed by atoms with Crippen molar-refractivity contribution >= 4 is 57.2 Å². The van der Waals surface area contributed by atoms with Gasteiger partial charge in [-0.1, -0.05) is 60.7 Å². The molecule has 0 aliphatic heterocycles. The van der Waals surface area contributed by atoms with Gasteiger partial charge >= 0.3 is 0 Å². The summed E-state index contributed by atoms with van der Waals surface area (Å²) in [7, 11) is 0. The van der Waals surface area contributed by atoms with Crippen molar-refractivity contribution in [1.29, 1.82) is 0 Å². The average molecular weight is 421 g/mol. The number of allylic oxidation sites excluding steroid dienone is 4. The van der Waals surface area contributed by atoms with Crippen LogP contribution in [0.1, 0.15) is 19.4 Å². The minimum absolute atomic E-state index is 0.464. The zero-order valence-corrected chi connectivity index (χ0v) is 18.8. The Balaban J connectivity index is 1.66. The first-order valence-corrected chi connectivity index (χ1v) is 12.5. The zero-order chi connectivity index (χ0) is 20.7. The molecule has 0 fully saturated rings. The van der Waals surface area contributed by atoms with E-state index in [1.807, 2.05) is 0 Å². The number of thiol groups is 1. The molecule has 2 heterocycles. The van der Waals surface area contributed by atoms with Gasteiger partial charge in [0.25, 0.3) is 0 Å². The lowest BCUT2D eigenvalue weighted by Crippen LogP contribution is -2.36. The molecule has 3 unspecified atom stereocenters. The van der Waals surface area contributed by atoms with Crippen LogP contribution >= 0.6 is 0 Å². The number of nitrogens with zero attached hydrogens (tertiary/aromatic N) is 1. The number of fused-ring (bicyclic) bond motifs is 8. The summed E-state index contributed by atoms with van der Waals surface area (Å²) in [5.41, 5.74) is 4.40. The second kappa shape index (κ2) is 6.40. The fourth-order valence-corrected chi connectivity index (χ4v) is 7.25. The first-order chi connectivity index (χ1) is 15.2. The molecule has 3 atom stereocenters. The van der Waals surface area contributed by atoms with E-state index in [-0.39, 0.29) is 0 Å². The Morgan fingerprint density at radius 2 is 1.65 bits per heavy atom. The van der Waals surface area contributed by atoms with E-state index in [2.05, 4.69) is 97.2 Å². The molecule has 31 heavy (non-hydrogen) atoms. The van der Waals surface area contributed by atoms with Crippen molar-refractivity contribution in [3.63, 3.8) is 0 Å². The van der Waals surface area contributed by atoms with Crippen LogP contribution in [0.4, 0.5) is 0 Å². The molecule has 4 aromatic rings. The highest BCUT2D eigenvalue weighted by molar-refractivity contribution is 7.80. The third kappa shape index (κ3) is 2.52. The van der Waals surface area contributed by atoms with Crippen molar-refractivity contribution in [2.24, 2.45) is 11.8 Å². The van der Waals surface area contributed by atoms with E-state index in [4.69, 9.17) is 0 Å². The molecule has 3 aliphatic rings. The number of rotatable bonds is 2. The van der Waals surface area contributed by atoms with Gasteiger partial charge in [-0.2, -0.15) is 0 Å². The Hall–Kier alpha value is -2.71. The Bertz CT molecular complexity index is 1630. The Morgan fingerprint density at radius 1 is 0.903 bits per heavy atom. The lowest BCUT2D eigenvalue weighted by molar-refractivity contribution is 0.719. The molecule has 2 heteroatoms. The maximum atomic E-state index is 2.58. The Morgan fingerprint density at radius 3 is 2.42 bits per heavy atom. The summed E-state index contributed by atoms with van der Waals surface area (Å²) in [5.74, 6) is 0.954. The van der Waals surface area contributed by atoms with Crippen molar-refractivity contribution in [2.75, 3.05) is 0 Å². The third-order valence-electron chi connectivity index (χ3n) is 7.20. The lowest BCUT2D eigenvalue weighted by atomic mass is 9.84. The van der Waals surface area contributed by atoms with Crippen LogP contribution < -0.4 is 15.8 Å². The summed E-state index contributed by atoms with van der Waals surface area (Å²) in [4.78, 5) is 0. The van der Waals surface area contributed by atoms with Crippen molar-refractivity contribution in [3.8, 4) is 0 Å². The highest BCUT2D eigenvalue weighted by Crippen LogP contribution is 2.29. The van der Waals surface area contributed by atoms with Crippen LogP contribution in [-0.4, -0.2) is 14.9 Å². The summed E-state index contributed by atoms with van der Waals surface area (Å²) in [6.45, 7) is 4.69. The molecule has 2 aromatic heterocycles. The molecule has 0 saturated heterocycles. The second-order valence-electron chi connectivity index (χ2n) is 9.53. The quantitative estimate of drug-likeness (QED) is 0.343. The van der Waals surface area contributed by atoms with Crippen LogP contribution in [0, 0.1) is 11.8 Å². The van der Waals surface area contributed by atoms with Gasteiger partial charge < -0.3 is 4.40 Å². The Kier molecular flexibility index (Phi) is 3.70.